The number of aliphatic hydroxyl groups excluding tert-OH is 1. The van der Waals surface area contributed by atoms with Gasteiger partial charge in [0.1, 0.15) is 17.3 Å². The molecule has 0 aliphatic carbocycles. The number of piperidine rings is 1. The third kappa shape index (κ3) is 5.58. The van der Waals surface area contributed by atoms with Crippen LogP contribution < -0.4 is 10.2 Å². The van der Waals surface area contributed by atoms with Crippen molar-refractivity contribution in [3.63, 3.8) is 0 Å². The van der Waals surface area contributed by atoms with E-state index in [0.717, 1.165) is 48.8 Å². The summed E-state index contributed by atoms with van der Waals surface area (Å²) >= 11 is 0. The lowest BCUT2D eigenvalue weighted by atomic mass is 10.1. The molecule has 1 aliphatic heterocycles. The molecular formula is C26H27F2N5O2. The van der Waals surface area contributed by atoms with E-state index in [1.165, 1.54) is 12.1 Å². The molecule has 0 saturated carbocycles. The molecule has 2 aromatic heterocycles. The number of halogens is 2. The average Bonchev–Trinajstić information content (AvgIpc) is 3.25. The predicted octanol–water partition coefficient (Wildman–Crippen LogP) is 4.48. The molecule has 3 heterocycles. The van der Waals surface area contributed by atoms with Crippen LogP contribution in [0.1, 0.15) is 18.4 Å². The largest absolute Gasteiger partial charge is 0.394 e. The zero-order chi connectivity index (χ0) is 24.2. The van der Waals surface area contributed by atoms with Crippen molar-refractivity contribution >= 4 is 28.4 Å². The molecule has 1 fully saturated rings. The number of aromatic nitrogens is 3. The highest BCUT2D eigenvalue weighted by Crippen LogP contribution is 2.25. The molecule has 0 unspecified atom stereocenters. The van der Waals surface area contributed by atoms with Gasteiger partial charge in [-0.1, -0.05) is 0 Å². The van der Waals surface area contributed by atoms with Gasteiger partial charge in [-0.2, -0.15) is 4.98 Å². The van der Waals surface area contributed by atoms with Crippen molar-refractivity contribution in [2.45, 2.75) is 25.5 Å². The molecule has 9 heteroatoms. The van der Waals surface area contributed by atoms with E-state index in [2.05, 4.69) is 32.3 Å². The first-order chi connectivity index (χ1) is 17.1. The Morgan fingerprint density at radius 2 is 1.77 bits per heavy atom. The van der Waals surface area contributed by atoms with Gasteiger partial charge in [-0.05, 0) is 60.9 Å². The predicted molar refractivity (Wildman–Crippen MR) is 131 cm³/mol. The van der Waals surface area contributed by atoms with E-state index in [-0.39, 0.29) is 12.7 Å². The molecule has 0 radical (unpaired) electrons. The highest BCUT2D eigenvalue weighted by atomic mass is 19.1. The fourth-order valence-corrected chi connectivity index (χ4v) is 4.44. The van der Waals surface area contributed by atoms with E-state index >= 15 is 0 Å². The number of fused-ring (bicyclic) bond motifs is 1. The number of anilines is 3. The average molecular weight is 480 g/mol. The van der Waals surface area contributed by atoms with Crippen molar-refractivity contribution in [1.29, 1.82) is 0 Å². The maximum Gasteiger partial charge on any atom is 0.229 e. The van der Waals surface area contributed by atoms with Gasteiger partial charge in [-0.15, -0.1) is 0 Å². The van der Waals surface area contributed by atoms with Crippen LogP contribution in [-0.4, -0.2) is 52.0 Å². The van der Waals surface area contributed by atoms with Crippen LogP contribution in [0.5, 0.6) is 0 Å². The van der Waals surface area contributed by atoms with Gasteiger partial charge in [0.25, 0.3) is 0 Å². The summed E-state index contributed by atoms with van der Waals surface area (Å²) in [7, 11) is 0. The summed E-state index contributed by atoms with van der Waals surface area (Å²) < 4.78 is 34.7. The molecule has 2 aromatic carbocycles. The van der Waals surface area contributed by atoms with Gasteiger partial charge in [0.15, 0.2) is 0 Å². The Bertz CT molecular complexity index is 1270. The summed E-state index contributed by atoms with van der Waals surface area (Å²) in [4.78, 5) is 11.4. The summed E-state index contributed by atoms with van der Waals surface area (Å²) in [6.45, 7) is 2.58. The Morgan fingerprint density at radius 3 is 2.49 bits per heavy atom. The fourth-order valence-electron chi connectivity index (χ4n) is 4.44. The van der Waals surface area contributed by atoms with Crippen LogP contribution in [0.2, 0.25) is 0 Å². The number of benzene rings is 2. The topological polar surface area (TPSA) is 75.4 Å². The smallest absolute Gasteiger partial charge is 0.229 e. The maximum atomic E-state index is 13.6. The third-order valence-electron chi connectivity index (χ3n) is 6.15. The van der Waals surface area contributed by atoms with Crippen LogP contribution in [0.25, 0.3) is 11.0 Å². The summed E-state index contributed by atoms with van der Waals surface area (Å²) in [5.41, 5.74) is 3.20. The van der Waals surface area contributed by atoms with Gasteiger partial charge < -0.3 is 24.6 Å². The Morgan fingerprint density at radius 1 is 1.03 bits per heavy atom. The number of nitrogens with one attached hydrogen (secondary N) is 1. The molecular weight excluding hydrogens is 452 g/mol. The van der Waals surface area contributed by atoms with Crippen LogP contribution in [0.3, 0.4) is 0 Å². The molecule has 5 rings (SSSR count). The number of hydrogen-bond acceptors (Lipinski definition) is 6. The molecule has 0 spiro atoms. The quantitative estimate of drug-likeness (QED) is 0.388. The maximum absolute atomic E-state index is 13.6. The van der Waals surface area contributed by atoms with Gasteiger partial charge in [0.2, 0.25) is 5.95 Å². The van der Waals surface area contributed by atoms with Gasteiger partial charge >= 0.3 is 0 Å². The van der Waals surface area contributed by atoms with Crippen molar-refractivity contribution in [3.05, 3.63) is 78.1 Å². The summed E-state index contributed by atoms with van der Waals surface area (Å²) in [6.07, 6.45) is 5.65. The SMILES string of the molecule is OCCOC1CCN(c2ccc(Nc3ncc4ccn(Cc5cc(F)cc(F)c5)c4n3)cc2)CC1. The van der Waals surface area contributed by atoms with Crippen molar-refractivity contribution in [1.82, 2.24) is 14.5 Å². The van der Waals surface area contributed by atoms with Crippen LogP contribution >= 0.6 is 0 Å². The lowest BCUT2D eigenvalue weighted by Crippen LogP contribution is -2.37. The first-order valence-corrected chi connectivity index (χ1v) is 11.7. The minimum atomic E-state index is -0.601. The van der Waals surface area contributed by atoms with Gasteiger partial charge in [-0.3, -0.25) is 0 Å². The zero-order valence-electron chi connectivity index (χ0n) is 19.2. The van der Waals surface area contributed by atoms with Crippen LogP contribution in [-0.2, 0) is 11.3 Å². The summed E-state index contributed by atoms with van der Waals surface area (Å²) in [6, 6.07) is 13.5. The second-order valence-corrected chi connectivity index (χ2v) is 8.65. The van der Waals surface area contributed by atoms with Crippen LogP contribution in [0.15, 0.2) is 60.9 Å². The standard InChI is InChI=1S/C26H27F2N5O2/c27-20-13-18(14-21(28)15-20)17-33-8-5-19-16-29-26(31-25(19)33)30-22-1-3-23(4-2-22)32-9-6-24(7-10-32)35-12-11-34/h1-5,8,13-16,24,34H,6-7,9-12,17H2,(H,29,30,31). The molecule has 182 valence electrons. The highest BCUT2D eigenvalue weighted by molar-refractivity contribution is 5.77. The molecule has 0 amide bonds. The number of ether oxygens (including phenoxy) is 1. The molecule has 2 N–H and O–H groups in total. The Kier molecular flexibility index (Phi) is 6.87. The molecule has 35 heavy (non-hydrogen) atoms. The monoisotopic (exact) mass is 479 g/mol. The number of hydrogen-bond donors (Lipinski definition) is 2. The fraction of sp³-hybridized carbons (Fsp3) is 0.308. The van der Waals surface area contributed by atoms with Gasteiger partial charge in [0.05, 0.1) is 19.3 Å². The van der Waals surface area contributed by atoms with E-state index in [0.29, 0.717) is 30.3 Å². The first kappa shape index (κ1) is 23.2. The lowest BCUT2D eigenvalue weighted by Gasteiger charge is -2.33. The summed E-state index contributed by atoms with van der Waals surface area (Å²) in [5, 5.41) is 13.0. The molecule has 7 nitrogen and oxygen atoms in total. The Hall–Kier alpha value is -3.56. The molecule has 1 saturated heterocycles. The Labute approximate surface area is 202 Å². The van der Waals surface area contributed by atoms with E-state index in [4.69, 9.17) is 9.84 Å². The number of nitrogens with zero attached hydrogens (tertiary/aromatic N) is 4. The lowest BCUT2D eigenvalue weighted by molar-refractivity contribution is 0.0159. The van der Waals surface area contributed by atoms with E-state index in [9.17, 15) is 8.78 Å². The molecule has 1 aliphatic rings. The zero-order valence-corrected chi connectivity index (χ0v) is 19.2. The van der Waals surface area contributed by atoms with E-state index in [1.807, 2.05) is 29.0 Å². The highest BCUT2D eigenvalue weighted by Gasteiger charge is 2.19. The van der Waals surface area contributed by atoms with Crippen LogP contribution in [0, 0.1) is 11.6 Å². The normalized spacial score (nSPS) is 14.5. The Balaban J connectivity index is 1.25. The van der Waals surface area contributed by atoms with Crippen LogP contribution in [0.4, 0.5) is 26.1 Å². The molecule has 0 atom stereocenters. The van der Waals surface area contributed by atoms with E-state index < -0.39 is 11.6 Å². The second kappa shape index (κ2) is 10.4. The van der Waals surface area contributed by atoms with Gasteiger partial charge in [-0.25, -0.2) is 13.8 Å². The number of aliphatic hydroxyl groups is 1. The summed E-state index contributed by atoms with van der Waals surface area (Å²) in [5.74, 6) is -0.759. The van der Waals surface area contributed by atoms with Crippen molar-refractivity contribution < 1.29 is 18.6 Å². The molecule has 4 aromatic rings. The van der Waals surface area contributed by atoms with Crippen molar-refractivity contribution in [2.75, 3.05) is 36.5 Å². The van der Waals surface area contributed by atoms with Crippen molar-refractivity contribution in [3.8, 4) is 0 Å². The van der Waals surface area contributed by atoms with Gasteiger partial charge in [0, 0.05) is 54.9 Å². The minimum Gasteiger partial charge on any atom is -0.394 e. The van der Waals surface area contributed by atoms with Crippen molar-refractivity contribution in [2.24, 2.45) is 0 Å². The second-order valence-electron chi connectivity index (χ2n) is 8.65. The van der Waals surface area contributed by atoms with E-state index in [1.54, 1.807) is 6.20 Å². The number of rotatable bonds is 8. The minimum absolute atomic E-state index is 0.0597. The first-order valence-electron chi connectivity index (χ1n) is 11.7. The molecule has 0 bridgehead atoms. The third-order valence-corrected chi connectivity index (χ3v) is 6.15.